The van der Waals surface area contributed by atoms with E-state index in [4.69, 9.17) is 11.5 Å². The second kappa shape index (κ2) is 5.87. The number of hydrogen-bond donors (Lipinski definition) is 2. The number of rotatable bonds is 4. The number of benzene rings is 1. The van der Waals surface area contributed by atoms with Crippen LogP contribution in [0.5, 0.6) is 0 Å². The Morgan fingerprint density at radius 1 is 1.14 bits per heavy atom. The Balaban J connectivity index is 1.93. The van der Waals surface area contributed by atoms with Crippen LogP contribution in [0.25, 0.3) is 10.3 Å². The molecule has 0 aliphatic heterocycles. The second-order valence-electron chi connectivity index (χ2n) is 4.52. The highest BCUT2D eigenvalue weighted by molar-refractivity contribution is 7.99. The van der Waals surface area contributed by atoms with E-state index in [0.29, 0.717) is 27.0 Å². The van der Waals surface area contributed by atoms with Crippen molar-refractivity contribution in [2.24, 2.45) is 0 Å². The fourth-order valence-corrected chi connectivity index (χ4v) is 3.75. The Kier molecular flexibility index (Phi) is 3.94. The maximum atomic E-state index is 5.98. The number of nitrogens with two attached hydrogens (primary N) is 2. The molecule has 5 nitrogen and oxygen atoms in total. The van der Waals surface area contributed by atoms with Crippen molar-refractivity contribution in [1.29, 1.82) is 0 Å². The fourth-order valence-electron chi connectivity index (χ4n) is 2.07. The number of thiazole rings is 1. The highest BCUT2D eigenvalue weighted by atomic mass is 32.2. The van der Waals surface area contributed by atoms with Gasteiger partial charge in [0.15, 0.2) is 15.9 Å². The molecule has 2 heterocycles. The maximum absolute atomic E-state index is 5.98. The van der Waals surface area contributed by atoms with Crippen LogP contribution in [0.4, 0.5) is 10.9 Å². The average Bonchev–Trinajstić information content (AvgIpc) is 2.87. The van der Waals surface area contributed by atoms with Gasteiger partial charge in [-0.15, -0.1) is 0 Å². The predicted octanol–water partition coefficient (Wildman–Crippen LogP) is 3.49. The summed E-state index contributed by atoms with van der Waals surface area (Å²) in [6.07, 6.45) is 0.981. The minimum Gasteiger partial charge on any atom is -0.382 e. The lowest BCUT2D eigenvalue weighted by Gasteiger charge is -2.13. The highest BCUT2D eigenvalue weighted by Crippen LogP contribution is 2.37. The summed E-state index contributed by atoms with van der Waals surface area (Å²) in [6, 6.07) is 10.3. The van der Waals surface area contributed by atoms with E-state index in [1.807, 2.05) is 18.2 Å². The SMILES string of the molecule is CCC(Sc1nc(N)c2sc(N)nc2n1)c1ccccc1. The number of nitrogens with zero attached hydrogens (tertiary/aromatic N) is 3. The first-order valence-electron chi connectivity index (χ1n) is 6.58. The molecule has 1 atom stereocenters. The van der Waals surface area contributed by atoms with Gasteiger partial charge in [0.2, 0.25) is 0 Å². The zero-order valence-electron chi connectivity index (χ0n) is 11.5. The lowest BCUT2D eigenvalue weighted by molar-refractivity contribution is 0.881. The van der Waals surface area contributed by atoms with E-state index in [9.17, 15) is 0 Å². The third kappa shape index (κ3) is 2.93. The fraction of sp³-hybridized carbons (Fsp3) is 0.214. The predicted molar refractivity (Wildman–Crippen MR) is 89.4 cm³/mol. The van der Waals surface area contributed by atoms with E-state index in [1.165, 1.54) is 16.9 Å². The molecule has 3 aromatic rings. The van der Waals surface area contributed by atoms with Crippen molar-refractivity contribution in [3.63, 3.8) is 0 Å². The third-order valence-electron chi connectivity index (χ3n) is 3.07. The molecular formula is C14H15N5S2. The van der Waals surface area contributed by atoms with Gasteiger partial charge < -0.3 is 11.5 Å². The lowest BCUT2D eigenvalue weighted by atomic mass is 10.1. The molecule has 108 valence electrons. The Bertz CT molecular complexity index is 757. The van der Waals surface area contributed by atoms with Crippen molar-refractivity contribution in [3.8, 4) is 0 Å². The van der Waals surface area contributed by atoms with Crippen LogP contribution in [0.1, 0.15) is 24.2 Å². The van der Waals surface area contributed by atoms with Crippen LogP contribution in [-0.2, 0) is 0 Å². The van der Waals surface area contributed by atoms with Gasteiger partial charge in [0.25, 0.3) is 0 Å². The Labute approximate surface area is 130 Å². The molecule has 0 spiro atoms. The van der Waals surface area contributed by atoms with E-state index >= 15 is 0 Å². The molecule has 0 saturated carbocycles. The lowest BCUT2D eigenvalue weighted by Crippen LogP contribution is -1.98. The maximum Gasteiger partial charge on any atom is 0.192 e. The van der Waals surface area contributed by atoms with Crippen molar-refractivity contribution in [2.75, 3.05) is 11.5 Å². The summed E-state index contributed by atoms with van der Waals surface area (Å²) in [7, 11) is 0. The first kappa shape index (κ1) is 14.1. The number of nitrogen functional groups attached to an aromatic ring is 2. The van der Waals surface area contributed by atoms with Gasteiger partial charge in [-0.25, -0.2) is 15.0 Å². The van der Waals surface area contributed by atoms with E-state index in [0.717, 1.165) is 11.1 Å². The van der Waals surface area contributed by atoms with Gasteiger partial charge >= 0.3 is 0 Å². The topological polar surface area (TPSA) is 90.7 Å². The van der Waals surface area contributed by atoms with Crippen LogP contribution < -0.4 is 11.5 Å². The van der Waals surface area contributed by atoms with Crippen LogP contribution in [0, 0.1) is 0 Å². The molecule has 7 heteroatoms. The third-order valence-corrected chi connectivity index (χ3v) is 5.25. The molecule has 4 N–H and O–H groups in total. The zero-order valence-corrected chi connectivity index (χ0v) is 13.1. The van der Waals surface area contributed by atoms with E-state index in [2.05, 4.69) is 34.0 Å². The summed E-state index contributed by atoms with van der Waals surface area (Å²) in [5.41, 5.74) is 13.5. The van der Waals surface area contributed by atoms with Crippen LogP contribution in [0.3, 0.4) is 0 Å². The van der Waals surface area contributed by atoms with Crippen LogP contribution in [-0.4, -0.2) is 15.0 Å². The highest BCUT2D eigenvalue weighted by Gasteiger charge is 2.16. The molecule has 21 heavy (non-hydrogen) atoms. The number of anilines is 2. The molecule has 0 radical (unpaired) electrons. The molecule has 1 unspecified atom stereocenters. The van der Waals surface area contributed by atoms with Crippen molar-refractivity contribution in [3.05, 3.63) is 35.9 Å². The molecule has 0 aliphatic rings. The first-order chi connectivity index (χ1) is 10.2. The quantitative estimate of drug-likeness (QED) is 0.565. The molecule has 0 aliphatic carbocycles. The summed E-state index contributed by atoms with van der Waals surface area (Å²) in [4.78, 5) is 13.0. The molecular weight excluding hydrogens is 302 g/mol. The minimum atomic E-state index is 0.291. The summed E-state index contributed by atoms with van der Waals surface area (Å²) in [5, 5.41) is 1.39. The van der Waals surface area contributed by atoms with Gasteiger partial charge in [0.05, 0.1) is 0 Å². The van der Waals surface area contributed by atoms with Gasteiger partial charge in [0.1, 0.15) is 10.5 Å². The van der Waals surface area contributed by atoms with Gasteiger partial charge in [-0.05, 0) is 12.0 Å². The molecule has 3 rings (SSSR count). The average molecular weight is 317 g/mol. The van der Waals surface area contributed by atoms with E-state index < -0.39 is 0 Å². The summed E-state index contributed by atoms with van der Waals surface area (Å²) < 4.78 is 0.754. The molecule has 0 fully saturated rings. The zero-order chi connectivity index (χ0) is 14.8. The Morgan fingerprint density at radius 2 is 1.90 bits per heavy atom. The number of fused-ring (bicyclic) bond motifs is 1. The molecule has 0 saturated heterocycles. The second-order valence-corrected chi connectivity index (χ2v) is 6.72. The normalized spacial score (nSPS) is 12.6. The molecule has 0 bridgehead atoms. The Morgan fingerprint density at radius 3 is 2.62 bits per heavy atom. The van der Waals surface area contributed by atoms with Crippen LogP contribution >= 0.6 is 23.1 Å². The summed E-state index contributed by atoms with van der Waals surface area (Å²) in [5.74, 6) is 0.444. The first-order valence-corrected chi connectivity index (χ1v) is 8.28. The number of hydrogen-bond acceptors (Lipinski definition) is 7. The number of aromatic nitrogens is 3. The summed E-state index contributed by atoms with van der Waals surface area (Å²) in [6.45, 7) is 2.15. The minimum absolute atomic E-state index is 0.291. The van der Waals surface area contributed by atoms with Gasteiger partial charge in [-0.3, -0.25) is 0 Å². The van der Waals surface area contributed by atoms with Crippen molar-refractivity contribution >= 4 is 44.4 Å². The van der Waals surface area contributed by atoms with Crippen molar-refractivity contribution in [2.45, 2.75) is 23.8 Å². The van der Waals surface area contributed by atoms with Crippen molar-refractivity contribution < 1.29 is 0 Å². The van der Waals surface area contributed by atoms with Gasteiger partial charge in [-0.2, -0.15) is 0 Å². The molecule has 2 aromatic heterocycles. The van der Waals surface area contributed by atoms with Gasteiger partial charge in [0, 0.05) is 5.25 Å². The van der Waals surface area contributed by atoms with E-state index in [-0.39, 0.29) is 0 Å². The molecule has 1 aromatic carbocycles. The van der Waals surface area contributed by atoms with Crippen LogP contribution in [0.2, 0.25) is 0 Å². The molecule has 0 amide bonds. The smallest absolute Gasteiger partial charge is 0.192 e. The monoisotopic (exact) mass is 317 g/mol. The summed E-state index contributed by atoms with van der Waals surface area (Å²) >= 11 is 2.92. The van der Waals surface area contributed by atoms with E-state index in [1.54, 1.807) is 11.8 Å². The van der Waals surface area contributed by atoms with Crippen molar-refractivity contribution in [1.82, 2.24) is 15.0 Å². The van der Waals surface area contributed by atoms with Gasteiger partial charge in [-0.1, -0.05) is 60.4 Å². The Hall–Kier alpha value is -1.86. The number of thioether (sulfide) groups is 1. The van der Waals surface area contributed by atoms with Crippen LogP contribution in [0.15, 0.2) is 35.5 Å². The largest absolute Gasteiger partial charge is 0.382 e. The standard InChI is InChI=1S/C14H15N5S2/c1-2-9(8-6-4-3-5-7-8)20-14-17-11(15)10-12(19-14)18-13(16)21-10/h3-7,9H,2H2,1H3,(H4,15,16,17,18,19).